The molecular weight excluding hydrogens is 474 g/mol. The van der Waals surface area contributed by atoms with Crippen LogP contribution in [0.4, 0.5) is 5.69 Å². The van der Waals surface area contributed by atoms with Gasteiger partial charge in [-0.1, -0.05) is 42.5 Å². The molecule has 1 N–H and O–H groups in total. The number of aromatic nitrogens is 2. The van der Waals surface area contributed by atoms with Crippen LogP contribution in [0.2, 0.25) is 0 Å². The number of likely N-dealkylation sites (N-methyl/N-ethyl adjacent to an activating group) is 1. The number of sulfonamides is 1. The van der Waals surface area contributed by atoms with E-state index in [1.165, 1.54) is 0 Å². The van der Waals surface area contributed by atoms with Crippen LogP contribution in [0.1, 0.15) is 12.5 Å². The van der Waals surface area contributed by atoms with Crippen LogP contribution in [0.15, 0.2) is 83.9 Å². The number of piperazine rings is 1. The number of nitrogens with one attached hydrogen (secondary N) is 1. The van der Waals surface area contributed by atoms with Gasteiger partial charge in [0.05, 0.1) is 28.3 Å². The zero-order chi connectivity index (χ0) is 25.1. The third-order valence-electron chi connectivity index (χ3n) is 6.35. The van der Waals surface area contributed by atoms with Crippen molar-refractivity contribution in [2.75, 3.05) is 31.1 Å². The van der Waals surface area contributed by atoms with E-state index in [1.54, 1.807) is 24.4 Å². The molecule has 0 saturated carbocycles. The van der Waals surface area contributed by atoms with Crippen molar-refractivity contribution in [3.05, 3.63) is 84.6 Å². The second-order valence-electron chi connectivity index (χ2n) is 8.63. The molecule has 2 aromatic carbocycles. The number of anilines is 1. The maximum Gasteiger partial charge on any atom is 0.242 e. The monoisotopic (exact) mass is 501 g/mol. The summed E-state index contributed by atoms with van der Waals surface area (Å²) in [6, 6.07) is 21.7. The van der Waals surface area contributed by atoms with Gasteiger partial charge in [-0.25, -0.2) is 18.1 Å². The molecule has 2 aromatic heterocycles. The van der Waals surface area contributed by atoms with E-state index in [0.29, 0.717) is 43.0 Å². The molecule has 0 bridgehead atoms. The summed E-state index contributed by atoms with van der Waals surface area (Å²) < 4.78 is 28.6. The van der Waals surface area contributed by atoms with Gasteiger partial charge in [0.25, 0.3) is 0 Å². The van der Waals surface area contributed by atoms with E-state index >= 15 is 0 Å². The smallest absolute Gasteiger partial charge is 0.242 e. The Morgan fingerprint density at radius 1 is 0.972 bits per heavy atom. The summed E-state index contributed by atoms with van der Waals surface area (Å²) in [7, 11) is -3.71. The third-order valence-corrected chi connectivity index (χ3v) is 7.75. The first kappa shape index (κ1) is 23.9. The Morgan fingerprint density at radius 3 is 2.58 bits per heavy atom. The van der Waals surface area contributed by atoms with Crippen LogP contribution in [0, 0.1) is 0 Å². The van der Waals surface area contributed by atoms with Crippen LogP contribution < -0.4 is 9.62 Å². The largest absolute Gasteiger partial charge is 0.359 e. The van der Waals surface area contributed by atoms with Gasteiger partial charge in [-0.3, -0.25) is 9.78 Å². The molecule has 5 rings (SSSR count). The first-order valence-electron chi connectivity index (χ1n) is 11.9. The highest BCUT2D eigenvalue weighted by atomic mass is 32.2. The summed E-state index contributed by atoms with van der Waals surface area (Å²) in [5.41, 5.74) is 4.45. The predicted molar refractivity (Wildman–Crippen MR) is 140 cm³/mol. The first-order chi connectivity index (χ1) is 17.4. The van der Waals surface area contributed by atoms with Crippen molar-refractivity contribution < 1.29 is 13.2 Å². The van der Waals surface area contributed by atoms with E-state index in [0.717, 1.165) is 16.8 Å². The van der Waals surface area contributed by atoms with Crippen molar-refractivity contribution in [1.29, 1.82) is 0 Å². The molecule has 36 heavy (non-hydrogen) atoms. The van der Waals surface area contributed by atoms with Gasteiger partial charge in [0.15, 0.2) is 0 Å². The zero-order valence-corrected chi connectivity index (χ0v) is 20.8. The van der Waals surface area contributed by atoms with Crippen molar-refractivity contribution in [2.24, 2.45) is 0 Å². The third kappa shape index (κ3) is 4.93. The van der Waals surface area contributed by atoms with Crippen molar-refractivity contribution >= 4 is 32.7 Å². The number of hydrogen-bond acceptors (Lipinski definition) is 6. The van der Waals surface area contributed by atoms with Crippen molar-refractivity contribution in [1.82, 2.24) is 19.6 Å². The number of benzene rings is 2. The first-order valence-corrected chi connectivity index (χ1v) is 13.4. The predicted octanol–water partition coefficient (Wildman–Crippen LogP) is 3.44. The lowest BCUT2D eigenvalue weighted by Gasteiger charge is -2.35. The number of hydrogen-bond donors (Lipinski definition) is 1. The molecule has 9 heteroatoms. The number of nitrogens with zero attached hydrogens (tertiary/aromatic N) is 4. The lowest BCUT2D eigenvalue weighted by Crippen LogP contribution is -2.50. The molecule has 1 amide bonds. The molecule has 1 aliphatic rings. The molecule has 1 saturated heterocycles. The average Bonchev–Trinajstić information content (AvgIpc) is 2.92. The Kier molecular flexibility index (Phi) is 6.67. The van der Waals surface area contributed by atoms with Crippen molar-refractivity contribution in [3.8, 4) is 11.3 Å². The molecule has 1 aliphatic heterocycles. The molecule has 0 unspecified atom stereocenters. The second-order valence-corrected chi connectivity index (χ2v) is 10.4. The number of carbonyl (C=O) groups is 1. The zero-order valence-electron chi connectivity index (χ0n) is 20.0. The molecule has 0 aliphatic carbocycles. The topological polar surface area (TPSA) is 95.5 Å². The van der Waals surface area contributed by atoms with Crippen LogP contribution in [0.5, 0.6) is 0 Å². The number of fused-ring (bicyclic) bond motifs is 1. The summed E-state index contributed by atoms with van der Waals surface area (Å²) in [5.74, 6) is 0.0887. The molecular formula is C27H27N5O3S. The molecule has 0 radical (unpaired) electrons. The Morgan fingerprint density at radius 2 is 1.81 bits per heavy atom. The number of rotatable bonds is 7. The molecule has 0 atom stereocenters. The minimum absolute atomic E-state index is 0.0887. The number of amides is 1. The quantitative estimate of drug-likeness (QED) is 0.417. The molecule has 1 fully saturated rings. The van der Waals surface area contributed by atoms with Gasteiger partial charge in [0.2, 0.25) is 15.9 Å². The van der Waals surface area contributed by atoms with Crippen LogP contribution in [0.3, 0.4) is 0 Å². The average molecular weight is 502 g/mol. The van der Waals surface area contributed by atoms with Gasteiger partial charge in [-0.2, -0.15) is 0 Å². The highest BCUT2D eigenvalue weighted by molar-refractivity contribution is 7.89. The Bertz CT molecular complexity index is 1510. The van der Waals surface area contributed by atoms with Crippen LogP contribution in [-0.2, 0) is 21.4 Å². The Balaban J connectivity index is 1.44. The van der Waals surface area contributed by atoms with E-state index in [-0.39, 0.29) is 17.3 Å². The maximum atomic E-state index is 13.0. The minimum Gasteiger partial charge on any atom is -0.359 e. The standard InChI is InChI=1S/C27H27N5O3S/c1-2-31-15-16-32(19-26(31)33)25-13-14-28-24-12-11-23(30-27(24)25)21-9-6-10-22(17-21)36(34,35)29-18-20-7-4-3-5-8-20/h3-14,17,29H,2,15-16,18-19H2,1H3. The normalized spacial score (nSPS) is 14.4. The Hall–Kier alpha value is -3.82. The fraction of sp³-hybridized carbons (Fsp3) is 0.222. The second kappa shape index (κ2) is 10.0. The van der Waals surface area contributed by atoms with E-state index < -0.39 is 10.0 Å². The highest BCUT2D eigenvalue weighted by Crippen LogP contribution is 2.29. The summed E-state index contributed by atoms with van der Waals surface area (Å²) in [4.78, 5) is 25.8. The SMILES string of the molecule is CCN1CCN(c2ccnc3ccc(-c4cccc(S(=O)(=O)NCc5ccccc5)c4)nc23)CC1=O. The molecule has 3 heterocycles. The lowest BCUT2D eigenvalue weighted by atomic mass is 10.1. The fourth-order valence-corrected chi connectivity index (χ4v) is 5.42. The fourth-order valence-electron chi connectivity index (χ4n) is 4.36. The van der Waals surface area contributed by atoms with Crippen LogP contribution >= 0.6 is 0 Å². The summed E-state index contributed by atoms with van der Waals surface area (Å²) in [6.07, 6.45) is 1.72. The van der Waals surface area contributed by atoms with Gasteiger partial charge in [0.1, 0.15) is 5.52 Å². The van der Waals surface area contributed by atoms with Gasteiger partial charge in [-0.05, 0) is 42.8 Å². The van der Waals surface area contributed by atoms with Gasteiger partial charge in [-0.15, -0.1) is 0 Å². The van der Waals surface area contributed by atoms with Gasteiger partial charge in [0, 0.05) is 37.9 Å². The molecule has 0 spiro atoms. The molecule has 184 valence electrons. The Labute approximate surface area is 210 Å². The van der Waals surface area contributed by atoms with Gasteiger partial charge < -0.3 is 9.80 Å². The summed E-state index contributed by atoms with van der Waals surface area (Å²) >= 11 is 0. The lowest BCUT2D eigenvalue weighted by molar-refractivity contribution is -0.130. The number of carbonyl (C=O) groups excluding carboxylic acids is 1. The maximum absolute atomic E-state index is 13.0. The number of pyridine rings is 2. The van der Waals surface area contributed by atoms with Gasteiger partial charge >= 0.3 is 0 Å². The minimum atomic E-state index is -3.71. The summed E-state index contributed by atoms with van der Waals surface area (Å²) in [5, 5.41) is 0. The van der Waals surface area contributed by atoms with E-state index in [2.05, 4.69) is 9.71 Å². The van der Waals surface area contributed by atoms with E-state index in [1.807, 2.05) is 71.3 Å². The highest BCUT2D eigenvalue weighted by Gasteiger charge is 2.24. The molecule has 8 nitrogen and oxygen atoms in total. The van der Waals surface area contributed by atoms with E-state index in [9.17, 15) is 13.2 Å². The van der Waals surface area contributed by atoms with Crippen LogP contribution in [-0.4, -0.2) is 55.4 Å². The van der Waals surface area contributed by atoms with E-state index in [4.69, 9.17) is 4.98 Å². The van der Waals surface area contributed by atoms with Crippen molar-refractivity contribution in [3.63, 3.8) is 0 Å². The van der Waals surface area contributed by atoms with Crippen LogP contribution in [0.25, 0.3) is 22.3 Å². The summed E-state index contributed by atoms with van der Waals surface area (Å²) in [6.45, 7) is 4.56. The molecule has 4 aromatic rings. The van der Waals surface area contributed by atoms with Crippen molar-refractivity contribution in [2.45, 2.75) is 18.4 Å².